The molecule has 4 bridgehead atoms. The molecule has 0 radical (unpaired) electrons. The molecule has 4 N–H and O–H groups in total. The molecular formula is C26H44N4S2. The lowest BCUT2D eigenvalue weighted by Gasteiger charge is -2.57. The fourth-order valence-electron chi connectivity index (χ4n) is 7.49. The maximum atomic E-state index is 5.67. The molecule has 0 amide bonds. The van der Waals surface area contributed by atoms with E-state index in [1.54, 1.807) is 0 Å². The van der Waals surface area contributed by atoms with Gasteiger partial charge in [-0.1, -0.05) is 19.1 Å². The van der Waals surface area contributed by atoms with Crippen molar-refractivity contribution in [3.8, 4) is 0 Å². The highest BCUT2D eigenvalue weighted by molar-refractivity contribution is 7.80. The van der Waals surface area contributed by atoms with Crippen LogP contribution < -0.4 is 21.3 Å². The molecule has 6 heteroatoms. The fourth-order valence-corrected chi connectivity index (χ4v) is 8.13. The van der Waals surface area contributed by atoms with E-state index in [1.807, 2.05) is 0 Å². The summed E-state index contributed by atoms with van der Waals surface area (Å²) in [5, 5.41) is 16.0. The van der Waals surface area contributed by atoms with Gasteiger partial charge in [0.1, 0.15) is 0 Å². The zero-order valence-electron chi connectivity index (χ0n) is 20.1. The zero-order chi connectivity index (χ0) is 22.6. The molecule has 32 heavy (non-hydrogen) atoms. The van der Waals surface area contributed by atoms with E-state index in [2.05, 4.69) is 34.8 Å². The van der Waals surface area contributed by atoms with Gasteiger partial charge in [0.05, 0.1) is 0 Å². The predicted molar refractivity (Wildman–Crippen MR) is 143 cm³/mol. The average molecular weight is 477 g/mol. The Hall–Kier alpha value is -0.880. The Balaban J connectivity index is 1.05. The SMILES string of the molecule is C=C1CCCC(CC)(NC(=S)NCCCCCNC(=S)NC23CC4CC(CC(C4)C2)C3)C1. The number of thiocarbonyl (C=S) groups is 2. The standard InChI is InChI=1S/C26H44N4S2/c1-3-25(9-7-8-19(2)15-25)29-23(31)27-10-5-4-6-11-28-24(32)30-26-16-20-12-21(17-26)14-22(13-20)18-26/h20-22H,2-18H2,1H3,(H2,27,29,31)(H2,28,30,32). The van der Waals surface area contributed by atoms with Crippen molar-refractivity contribution in [3.05, 3.63) is 12.2 Å². The van der Waals surface area contributed by atoms with Crippen LogP contribution in [0.2, 0.25) is 0 Å². The van der Waals surface area contributed by atoms with Crippen molar-refractivity contribution in [2.45, 2.75) is 108 Å². The summed E-state index contributed by atoms with van der Waals surface area (Å²) < 4.78 is 0. The minimum Gasteiger partial charge on any atom is -0.363 e. The van der Waals surface area contributed by atoms with E-state index in [0.29, 0.717) is 5.54 Å². The lowest BCUT2D eigenvalue weighted by molar-refractivity contribution is -0.0101. The molecule has 5 rings (SSSR count). The molecule has 4 nitrogen and oxygen atoms in total. The van der Waals surface area contributed by atoms with Crippen molar-refractivity contribution in [1.29, 1.82) is 0 Å². The molecule has 1 unspecified atom stereocenters. The van der Waals surface area contributed by atoms with Crippen LogP contribution >= 0.6 is 24.4 Å². The van der Waals surface area contributed by atoms with Gasteiger partial charge in [-0.15, -0.1) is 0 Å². The first-order valence-electron chi connectivity index (χ1n) is 13.2. The summed E-state index contributed by atoms with van der Waals surface area (Å²) in [6.07, 6.45) is 17.6. The number of unbranched alkanes of at least 4 members (excludes halogenated alkanes) is 2. The lowest BCUT2D eigenvalue weighted by atomic mass is 9.53. The second-order valence-electron chi connectivity index (χ2n) is 11.4. The fraction of sp³-hybridized carbons (Fsp3) is 0.846. The maximum Gasteiger partial charge on any atom is 0.166 e. The highest BCUT2D eigenvalue weighted by Gasteiger charge is 2.51. The van der Waals surface area contributed by atoms with Crippen LogP contribution in [0.3, 0.4) is 0 Å². The molecule has 0 aromatic carbocycles. The quantitative estimate of drug-likeness (QED) is 0.205. The van der Waals surface area contributed by atoms with E-state index in [0.717, 1.165) is 66.8 Å². The van der Waals surface area contributed by atoms with Crippen LogP contribution in [0.25, 0.3) is 0 Å². The van der Waals surface area contributed by atoms with E-state index in [9.17, 15) is 0 Å². The molecule has 0 aromatic rings. The topological polar surface area (TPSA) is 48.1 Å². The number of nitrogens with one attached hydrogen (secondary N) is 4. The minimum atomic E-state index is 0.114. The summed E-state index contributed by atoms with van der Waals surface area (Å²) in [6, 6.07) is 0. The Morgan fingerprint density at radius 1 is 0.906 bits per heavy atom. The summed E-state index contributed by atoms with van der Waals surface area (Å²) in [5.74, 6) is 2.86. The second-order valence-corrected chi connectivity index (χ2v) is 12.3. The third-order valence-corrected chi connectivity index (χ3v) is 9.16. The van der Waals surface area contributed by atoms with Crippen molar-refractivity contribution in [2.75, 3.05) is 13.1 Å². The Kier molecular flexibility index (Phi) is 8.02. The minimum absolute atomic E-state index is 0.114. The normalized spacial score (nSPS) is 35.4. The van der Waals surface area contributed by atoms with Gasteiger partial charge in [-0.25, -0.2) is 0 Å². The third-order valence-electron chi connectivity index (χ3n) is 8.67. The van der Waals surface area contributed by atoms with Gasteiger partial charge in [0, 0.05) is 24.2 Å². The van der Waals surface area contributed by atoms with E-state index < -0.39 is 0 Å². The Morgan fingerprint density at radius 3 is 2.00 bits per heavy atom. The maximum absolute atomic E-state index is 5.67. The van der Waals surface area contributed by atoms with Crippen molar-refractivity contribution < 1.29 is 0 Å². The predicted octanol–water partition coefficient (Wildman–Crippen LogP) is 5.33. The van der Waals surface area contributed by atoms with Crippen LogP contribution in [0.1, 0.15) is 96.8 Å². The molecule has 0 spiro atoms. The van der Waals surface area contributed by atoms with E-state index in [4.69, 9.17) is 24.4 Å². The molecule has 0 aliphatic heterocycles. The summed E-state index contributed by atoms with van der Waals surface area (Å²) in [4.78, 5) is 0. The molecule has 5 saturated carbocycles. The van der Waals surface area contributed by atoms with Crippen LogP contribution in [-0.4, -0.2) is 34.4 Å². The van der Waals surface area contributed by atoms with Crippen molar-refractivity contribution in [1.82, 2.24) is 21.3 Å². The van der Waals surface area contributed by atoms with Crippen LogP contribution in [0, 0.1) is 17.8 Å². The van der Waals surface area contributed by atoms with Crippen molar-refractivity contribution in [3.63, 3.8) is 0 Å². The smallest absolute Gasteiger partial charge is 0.166 e. The molecule has 5 aliphatic rings. The second kappa shape index (κ2) is 10.6. The first-order valence-corrected chi connectivity index (χ1v) is 14.0. The summed E-state index contributed by atoms with van der Waals surface area (Å²) >= 11 is 11.2. The van der Waals surface area contributed by atoms with E-state index >= 15 is 0 Å². The molecule has 0 heterocycles. The largest absolute Gasteiger partial charge is 0.363 e. The van der Waals surface area contributed by atoms with Gasteiger partial charge in [0.25, 0.3) is 0 Å². The Labute approximate surface area is 206 Å². The third kappa shape index (κ3) is 6.16. The van der Waals surface area contributed by atoms with E-state index in [1.165, 1.54) is 69.8 Å². The van der Waals surface area contributed by atoms with Gasteiger partial charge in [0.2, 0.25) is 0 Å². The lowest BCUT2D eigenvalue weighted by Crippen LogP contribution is -2.61. The Morgan fingerprint density at radius 2 is 1.47 bits per heavy atom. The molecule has 5 fully saturated rings. The van der Waals surface area contributed by atoms with Gasteiger partial charge < -0.3 is 21.3 Å². The molecule has 0 saturated heterocycles. The van der Waals surface area contributed by atoms with Crippen molar-refractivity contribution >= 4 is 34.7 Å². The number of hydrogen-bond acceptors (Lipinski definition) is 2. The molecule has 180 valence electrons. The van der Waals surface area contributed by atoms with Crippen molar-refractivity contribution in [2.24, 2.45) is 17.8 Å². The number of hydrogen-bond donors (Lipinski definition) is 4. The van der Waals surface area contributed by atoms with Gasteiger partial charge >= 0.3 is 0 Å². The van der Waals surface area contributed by atoms with E-state index in [-0.39, 0.29) is 5.54 Å². The summed E-state index contributed by atoms with van der Waals surface area (Å²) in [5.41, 5.74) is 1.78. The first kappa shape index (κ1) is 24.3. The van der Waals surface area contributed by atoms with Gasteiger partial charge in [-0.05, 0) is 132 Å². The monoisotopic (exact) mass is 476 g/mol. The highest BCUT2D eigenvalue weighted by Crippen LogP contribution is 2.55. The van der Waals surface area contributed by atoms with Crippen LogP contribution in [0.5, 0.6) is 0 Å². The molecule has 0 aromatic heterocycles. The van der Waals surface area contributed by atoms with Gasteiger partial charge in [0.15, 0.2) is 10.2 Å². The molecule has 1 atom stereocenters. The Bertz CT molecular complexity index is 671. The molecular weight excluding hydrogens is 432 g/mol. The van der Waals surface area contributed by atoms with Gasteiger partial charge in [-0.3, -0.25) is 0 Å². The van der Waals surface area contributed by atoms with Crippen LogP contribution in [0.15, 0.2) is 12.2 Å². The summed E-state index contributed by atoms with van der Waals surface area (Å²) in [7, 11) is 0. The van der Waals surface area contributed by atoms with Crippen LogP contribution in [-0.2, 0) is 0 Å². The first-order chi connectivity index (χ1) is 15.4. The number of rotatable bonds is 9. The zero-order valence-corrected chi connectivity index (χ0v) is 21.7. The summed E-state index contributed by atoms with van der Waals surface area (Å²) in [6.45, 7) is 8.36. The highest BCUT2D eigenvalue weighted by atomic mass is 32.1. The van der Waals surface area contributed by atoms with Gasteiger partial charge in [-0.2, -0.15) is 0 Å². The molecule has 5 aliphatic carbocycles. The van der Waals surface area contributed by atoms with Crippen LogP contribution in [0.4, 0.5) is 0 Å². The average Bonchev–Trinajstić information content (AvgIpc) is 2.71.